The van der Waals surface area contributed by atoms with E-state index in [1.807, 2.05) is 30.3 Å². The number of nitrogens with one attached hydrogen (secondary N) is 1. The molecule has 0 bridgehead atoms. The zero-order chi connectivity index (χ0) is 17.6. The molecule has 0 spiro atoms. The van der Waals surface area contributed by atoms with E-state index in [2.05, 4.69) is 15.5 Å². The Labute approximate surface area is 153 Å². The molecule has 8 heteroatoms. The fourth-order valence-electron chi connectivity index (χ4n) is 2.15. The van der Waals surface area contributed by atoms with E-state index in [9.17, 15) is 4.79 Å². The summed E-state index contributed by atoms with van der Waals surface area (Å²) in [6.07, 6.45) is 0. The Morgan fingerprint density at radius 3 is 2.48 bits per heavy atom. The summed E-state index contributed by atoms with van der Waals surface area (Å²) in [5.41, 5.74) is 7.22. The lowest BCUT2D eigenvalue weighted by atomic mass is 10.1. The Hall–Kier alpha value is -2.58. The first kappa shape index (κ1) is 17.2. The van der Waals surface area contributed by atoms with E-state index >= 15 is 0 Å². The molecule has 0 radical (unpaired) electrons. The van der Waals surface area contributed by atoms with E-state index in [0.29, 0.717) is 15.2 Å². The molecule has 6 nitrogen and oxygen atoms in total. The Kier molecular flexibility index (Phi) is 5.52. The number of ether oxygens (including phenoxy) is 1. The summed E-state index contributed by atoms with van der Waals surface area (Å²) in [5.74, 6) is 0.589. The predicted molar refractivity (Wildman–Crippen MR) is 101 cm³/mol. The van der Waals surface area contributed by atoms with Gasteiger partial charge in [-0.3, -0.25) is 4.79 Å². The van der Waals surface area contributed by atoms with Crippen molar-refractivity contribution in [2.75, 3.05) is 18.2 Å². The Morgan fingerprint density at radius 1 is 1.16 bits per heavy atom. The second-order valence-corrected chi connectivity index (χ2v) is 7.39. The fraction of sp³-hybridized carbons (Fsp3) is 0.118. The van der Waals surface area contributed by atoms with Gasteiger partial charge in [-0.15, -0.1) is 10.2 Å². The van der Waals surface area contributed by atoms with Crippen molar-refractivity contribution in [3.8, 4) is 5.75 Å². The number of nitrogen functional groups attached to an aromatic ring is 1. The third-order valence-electron chi connectivity index (χ3n) is 3.34. The Bertz CT molecular complexity index is 837. The van der Waals surface area contributed by atoms with Crippen molar-refractivity contribution in [2.24, 2.45) is 0 Å². The minimum atomic E-state index is -0.462. The highest BCUT2D eigenvalue weighted by Gasteiger charge is 2.24. The second kappa shape index (κ2) is 8.00. The number of methoxy groups -OCH3 is 1. The molecule has 1 amide bonds. The van der Waals surface area contributed by atoms with Gasteiger partial charge in [-0.05, 0) is 29.8 Å². The molecule has 0 aliphatic heterocycles. The predicted octanol–water partition coefficient (Wildman–Crippen LogP) is 3.60. The van der Waals surface area contributed by atoms with Crippen LogP contribution in [0.2, 0.25) is 0 Å². The number of amides is 1. The van der Waals surface area contributed by atoms with Crippen LogP contribution in [0, 0.1) is 0 Å². The molecule has 2 aromatic carbocycles. The van der Waals surface area contributed by atoms with Gasteiger partial charge in [0.15, 0.2) is 4.34 Å². The zero-order valence-corrected chi connectivity index (χ0v) is 15.0. The minimum absolute atomic E-state index is 0.143. The summed E-state index contributed by atoms with van der Waals surface area (Å²) in [6, 6.07) is 16.7. The highest BCUT2D eigenvalue weighted by atomic mass is 32.2. The second-order valence-electron chi connectivity index (χ2n) is 5.03. The number of aromatic nitrogens is 2. The summed E-state index contributed by atoms with van der Waals surface area (Å²) in [7, 11) is 1.60. The van der Waals surface area contributed by atoms with Gasteiger partial charge in [0.1, 0.15) is 11.0 Å². The lowest BCUT2D eigenvalue weighted by Crippen LogP contribution is -2.19. The lowest BCUT2D eigenvalue weighted by Gasteiger charge is -2.15. The first-order valence-corrected chi connectivity index (χ1v) is 9.11. The van der Waals surface area contributed by atoms with E-state index in [1.165, 1.54) is 23.1 Å². The van der Waals surface area contributed by atoms with Crippen LogP contribution in [0.1, 0.15) is 10.8 Å². The Balaban J connectivity index is 1.81. The molecule has 1 aromatic heterocycles. The molecule has 0 fully saturated rings. The number of nitrogens with zero attached hydrogens (tertiary/aromatic N) is 2. The zero-order valence-electron chi connectivity index (χ0n) is 13.4. The van der Waals surface area contributed by atoms with E-state index in [0.717, 1.165) is 11.3 Å². The van der Waals surface area contributed by atoms with Crippen LogP contribution < -0.4 is 15.8 Å². The minimum Gasteiger partial charge on any atom is -0.497 e. The smallest absolute Gasteiger partial charge is 0.242 e. The van der Waals surface area contributed by atoms with Crippen molar-refractivity contribution in [1.29, 1.82) is 0 Å². The number of hydrogen-bond donors (Lipinski definition) is 2. The molecule has 0 aliphatic carbocycles. The average Bonchev–Trinajstić information content (AvgIpc) is 3.06. The van der Waals surface area contributed by atoms with Gasteiger partial charge in [0.2, 0.25) is 11.0 Å². The van der Waals surface area contributed by atoms with Crippen LogP contribution in [0.5, 0.6) is 5.75 Å². The summed E-state index contributed by atoms with van der Waals surface area (Å²) in [5, 5.41) is 10.7. The van der Waals surface area contributed by atoms with Gasteiger partial charge in [-0.2, -0.15) is 0 Å². The van der Waals surface area contributed by atoms with Crippen LogP contribution in [-0.4, -0.2) is 23.2 Å². The molecule has 0 saturated carbocycles. The van der Waals surface area contributed by atoms with Crippen LogP contribution in [0.4, 0.5) is 10.8 Å². The molecule has 128 valence electrons. The maximum atomic E-state index is 12.8. The van der Waals surface area contributed by atoms with Gasteiger partial charge in [-0.1, -0.05) is 53.4 Å². The monoisotopic (exact) mass is 372 g/mol. The number of thioether (sulfide) groups is 1. The SMILES string of the molecule is COc1ccc(NC(=O)C(Sc2nnc(N)s2)c2ccccc2)cc1. The van der Waals surface area contributed by atoms with Gasteiger partial charge < -0.3 is 15.8 Å². The molecule has 0 saturated heterocycles. The molecule has 3 rings (SSSR count). The van der Waals surface area contributed by atoms with Crippen LogP contribution in [0.15, 0.2) is 58.9 Å². The van der Waals surface area contributed by atoms with Gasteiger partial charge in [0, 0.05) is 5.69 Å². The normalized spacial score (nSPS) is 11.7. The first-order chi connectivity index (χ1) is 12.2. The number of anilines is 2. The van der Waals surface area contributed by atoms with Crippen molar-refractivity contribution in [2.45, 2.75) is 9.59 Å². The molecule has 3 aromatic rings. The summed E-state index contributed by atoms with van der Waals surface area (Å²) < 4.78 is 5.78. The maximum absolute atomic E-state index is 12.8. The van der Waals surface area contributed by atoms with Crippen molar-refractivity contribution in [1.82, 2.24) is 10.2 Å². The number of hydrogen-bond acceptors (Lipinski definition) is 7. The Morgan fingerprint density at radius 2 is 1.88 bits per heavy atom. The number of carbonyl (C=O) groups is 1. The largest absolute Gasteiger partial charge is 0.497 e. The maximum Gasteiger partial charge on any atom is 0.242 e. The molecular formula is C17H16N4O2S2. The number of rotatable bonds is 6. The molecular weight excluding hydrogens is 356 g/mol. The third kappa shape index (κ3) is 4.49. The molecule has 1 unspecified atom stereocenters. The lowest BCUT2D eigenvalue weighted by molar-refractivity contribution is -0.115. The fourth-order valence-corrected chi connectivity index (χ4v) is 3.98. The van der Waals surface area contributed by atoms with Crippen LogP contribution in [0.25, 0.3) is 0 Å². The quantitative estimate of drug-likeness (QED) is 0.643. The summed E-state index contributed by atoms with van der Waals surface area (Å²) in [4.78, 5) is 12.8. The highest BCUT2D eigenvalue weighted by Crippen LogP contribution is 2.38. The standard InChI is InChI=1S/C17H16N4O2S2/c1-23-13-9-7-12(8-10-13)19-15(22)14(11-5-3-2-4-6-11)24-17-21-20-16(18)25-17/h2-10,14H,1H3,(H2,18,20)(H,19,22). The third-order valence-corrected chi connectivity index (χ3v) is 5.43. The van der Waals surface area contributed by atoms with E-state index < -0.39 is 5.25 Å². The highest BCUT2D eigenvalue weighted by molar-refractivity contribution is 8.02. The molecule has 1 atom stereocenters. The van der Waals surface area contributed by atoms with Crippen molar-refractivity contribution in [3.63, 3.8) is 0 Å². The number of nitrogens with two attached hydrogens (primary N) is 1. The van der Waals surface area contributed by atoms with Gasteiger partial charge >= 0.3 is 0 Å². The van der Waals surface area contributed by atoms with Crippen molar-refractivity contribution >= 4 is 39.8 Å². The molecule has 3 N–H and O–H groups in total. The van der Waals surface area contributed by atoms with Crippen molar-refractivity contribution < 1.29 is 9.53 Å². The van der Waals surface area contributed by atoms with Crippen LogP contribution in [-0.2, 0) is 4.79 Å². The summed E-state index contributed by atoms with van der Waals surface area (Å²) in [6.45, 7) is 0. The number of benzene rings is 2. The van der Waals surface area contributed by atoms with Crippen LogP contribution in [0.3, 0.4) is 0 Å². The molecule has 1 heterocycles. The average molecular weight is 372 g/mol. The molecule has 25 heavy (non-hydrogen) atoms. The van der Waals surface area contributed by atoms with Gasteiger partial charge in [0.05, 0.1) is 7.11 Å². The molecule has 0 aliphatic rings. The topological polar surface area (TPSA) is 90.1 Å². The van der Waals surface area contributed by atoms with Crippen LogP contribution >= 0.6 is 23.1 Å². The van der Waals surface area contributed by atoms with E-state index in [1.54, 1.807) is 31.4 Å². The van der Waals surface area contributed by atoms with Gasteiger partial charge in [0.25, 0.3) is 0 Å². The first-order valence-electron chi connectivity index (χ1n) is 7.41. The van der Waals surface area contributed by atoms with E-state index in [4.69, 9.17) is 10.5 Å². The summed E-state index contributed by atoms with van der Waals surface area (Å²) >= 11 is 2.59. The number of carbonyl (C=O) groups excluding carboxylic acids is 1. The van der Waals surface area contributed by atoms with E-state index in [-0.39, 0.29) is 5.91 Å². The van der Waals surface area contributed by atoms with Crippen molar-refractivity contribution in [3.05, 3.63) is 60.2 Å². The van der Waals surface area contributed by atoms with Gasteiger partial charge in [-0.25, -0.2) is 0 Å².